The summed E-state index contributed by atoms with van der Waals surface area (Å²) in [6.07, 6.45) is 1.36. The Hall–Kier alpha value is -4.00. The highest BCUT2D eigenvalue weighted by Crippen LogP contribution is 2.22. The number of carbonyl (C=O) groups excluding carboxylic acids is 1. The van der Waals surface area contributed by atoms with Gasteiger partial charge in [0.25, 0.3) is 11.5 Å². The maximum Gasteiger partial charge on any atom is 0.287 e. The van der Waals surface area contributed by atoms with Gasteiger partial charge in [0, 0.05) is 11.6 Å². The fourth-order valence-electron chi connectivity index (χ4n) is 3.01. The van der Waals surface area contributed by atoms with Gasteiger partial charge < -0.3 is 10.2 Å². The summed E-state index contributed by atoms with van der Waals surface area (Å²) in [5.74, 6) is -0.322. The average Bonchev–Trinajstić information content (AvgIpc) is 2.74. The topological polar surface area (TPSA) is 86.1 Å². The van der Waals surface area contributed by atoms with Gasteiger partial charge in [-0.25, -0.2) is 9.97 Å². The first-order valence-electron chi connectivity index (χ1n) is 9.04. The minimum absolute atomic E-state index is 0.203. The van der Waals surface area contributed by atoms with Crippen molar-refractivity contribution >= 4 is 22.6 Å². The molecule has 7 nitrogen and oxygen atoms in total. The number of aromatic nitrogens is 3. The van der Waals surface area contributed by atoms with Crippen LogP contribution in [0.15, 0.2) is 77.9 Å². The van der Waals surface area contributed by atoms with Crippen LogP contribution in [0, 0.1) is 6.92 Å². The number of hydrogen-bond acceptors (Lipinski definition) is 5. The molecule has 0 radical (unpaired) electrons. The molecular formula is C22H18N4O3. The molecule has 0 aliphatic rings. The van der Waals surface area contributed by atoms with E-state index in [0.29, 0.717) is 28.0 Å². The Balaban J connectivity index is 1.73. The van der Waals surface area contributed by atoms with E-state index in [1.807, 2.05) is 36.4 Å². The van der Waals surface area contributed by atoms with Crippen LogP contribution in [0.25, 0.3) is 11.0 Å². The first-order valence-corrected chi connectivity index (χ1v) is 9.04. The maximum atomic E-state index is 12.7. The van der Waals surface area contributed by atoms with Gasteiger partial charge in [0.05, 0.1) is 16.8 Å². The number of anilines is 1. The lowest BCUT2D eigenvalue weighted by molar-refractivity contribution is 0.0978. The number of amides is 1. The number of aryl methyl sites for hydroxylation is 1. The normalized spacial score (nSPS) is 10.7. The second kappa shape index (κ2) is 7.93. The number of nitrogens with one attached hydrogen (secondary N) is 1. The number of nitrogens with zero attached hydrogens (tertiary/aromatic N) is 3. The number of fused-ring (bicyclic) bond motifs is 1. The fourth-order valence-corrected chi connectivity index (χ4v) is 3.01. The third-order valence-electron chi connectivity index (χ3n) is 4.43. The minimum Gasteiger partial charge on any atom is -0.404 e. The number of hydrogen-bond donors (Lipinski definition) is 1. The van der Waals surface area contributed by atoms with Crippen molar-refractivity contribution in [1.29, 1.82) is 0 Å². The first kappa shape index (κ1) is 18.4. The summed E-state index contributed by atoms with van der Waals surface area (Å²) in [6.45, 7) is 1.99. The third kappa shape index (κ3) is 3.84. The Labute approximate surface area is 166 Å². The predicted octanol–water partition coefficient (Wildman–Crippen LogP) is 2.98. The van der Waals surface area contributed by atoms with Crippen LogP contribution in [0.1, 0.15) is 21.6 Å². The summed E-state index contributed by atoms with van der Waals surface area (Å²) < 4.78 is 1.13. The van der Waals surface area contributed by atoms with Gasteiger partial charge in [-0.2, -0.15) is 0 Å². The van der Waals surface area contributed by atoms with Gasteiger partial charge in [0.2, 0.25) is 0 Å². The van der Waals surface area contributed by atoms with Crippen molar-refractivity contribution in [1.82, 2.24) is 14.7 Å². The monoisotopic (exact) mass is 386 g/mol. The lowest BCUT2D eigenvalue weighted by Crippen LogP contribution is -2.28. The molecule has 0 unspecified atom stereocenters. The van der Waals surface area contributed by atoms with Gasteiger partial charge in [-0.3, -0.25) is 9.59 Å². The molecular weight excluding hydrogens is 368 g/mol. The Bertz CT molecular complexity index is 1220. The summed E-state index contributed by atoms with van der Waals surface area (Å²) in [5.41, 5.74) is 2.23. The van der Waals surface area contributed by atoms with Crippen LogP contribution in [0.2, 0.25) is 0 Å². The van der Waals surface area contributed by atoms with E-state index >= 15 is 0 Å². The number of pyridine rings is 1. The van der Waals surface area contributed by atoms with E-state index in [1.165, 1.54) is 12.4 Å². The van der Waals surface area contributed by atoms with Crippen molar-refractivity contribution in [2.45, 2.75) is 13.5 Å². The Morgan fingerprint density at radius 2 is 1.72 bits per heavy atom. The maximum absolute atomic E-state index is 12.7. The second-order valence-electron chi connectivity index (χ2n) is 6.43. The van der Waals surface area contributed by atoms with Crippen LogP contribution in [0.5, 0.6) is 0 Å². The molecule has 1 N–H and O–H groups in total. The molecule has 0 saturated carbocycles. The van der Waals surface area contributed by atoms with Crippen LogP contribution < -0.4 is 15.7 Å². The van der Waals surface area contributed by atoms with Crippen molar-refractivity contribution in [3.8, 4) is 0 Å². The number of carbonyl (C=O) groups is 1. The standard InChI is InChI=1S/C22H18N4O3/c1-15-20-18(25-22(28)17-10-6-3-7-11-17)12-19(27)26(21(20)24-14-23-15)29-13-16-8-4-2-5-9-16/h2-12,14H,13H2,1H3,(H,25,28). The van der Waals surface area contributed by atoms with Crippen LogP contribution in [0.3, 0.4) is 0 Å². The lowest BCUT2D eigenvalue weighted by atomic mass is 10.2. The van der Waals surface area contributed by atoms with Crippen LogP contribution in [0.4, 0.5) is 5.69 Å². The van der Waals surface area contributed by atoms with Crippen LogP contribution in [-0.2, 0) is 6.61 Å². The number of benzene rings is 2. The molecule has 0 atom stereocenters. The predicted molar refractivity (Wildman–Crippen MR) is 110 cm³/mol. The van der Waals surface area contributed by atoms with Gasteiger partial charge in [-0.1, -0.05) is 48.5 Å². The van der Waals surface area contributed by atoms with E-state index in [1.54, 1.807) is 31.2 Å². The van der Waals surface area contributed by atoms with E-state index in [2.05, 4.69) is 15.3 Å². The Kier molecular flexibility index (Phi) is 5.03. The van der Waals surface area contributed by atoms with E-state index in [0.717, 1.165) is 10.3 Å². The third-order valence-corrected chi connectivity index (χ3v) is 4.43. The van der Waals surface area contributed by atoms with Gasteiger partial charge in [-0.05, 0) is 24.6 Å². The van der Waals surface area contributed by atoms with Crippen molar-refractivity contribution < 1.29 is 9.63 Å². The van der Waals surface area contributed by atoms with E-state index in [4.69, 9.17) is 4.84 Å². The molecule has 0 fully saturated rings. The van der Waals surface area contributed by atoms with Gasteiger partial charge in [-0.15, -0.1) is 4.73 Å². The second-order valence-corrected chi connectivity index (χ2v) is 6.43. The molecule has 4 aromatic rings. The fraction of sp³-hybridized carbons (Fsp3) is 0.0909. The first-order chi connectivity index (χ1) is 14.1. The molecule has 0 aliphatic carbocycles. The summed E-state index contributed by atoms with van der Waals surface area (Å²) >= 11 is 0. The molecule has 0 aliphatic heterocycles. The zero-order chi connectivity index (χ0) is 20.2. The summed E-state index contributed by atoms with van der Waals surface area (Å²) in [6, 6.07) is 19.6. The summed E-state index contributed by atoms with van der Waals surface area (Å²) in [5, 5.41) is 3.34. The highest BCUT2D eigenvalue weighted by Gasteiger charge is 2.16. The molecule has 1 amide bonds. The Morgan fingerprint density at radius 1 is 1.03 bits per heavy atom. The van der Waals surface area contributed by atoms with Gasteiger partial charge in [0.15, 0.2) is 5.65 Å². The van der Waals surface area contributed by atoms with E-state index in [9.17, 15) is 9.59 Å². The molecule has 2 aromatic carbocycles. The minimum atomic E-state index is -0.435. The highest BCUT2D eigenvalue weighted by atomic mass is 16.7. The lowest BCUT2D eigenvalue weighted by Gasteiger charge is -2.15. The van der Waals surface area contributed by atoms with Gasteiger partial charge in [0.1, 0.15) is 12.9 Å². The summed E-state index contributed by atoms with van der Waals surface area (Å²) in [4.78, 5) is 39.5. The van der Waals surface area contributed by atoms with E-state index in [-0.39, 0.29) is 12.5 Å². The highest BCUT2D eigenvalue weighted by molar-refractivity contribution is 6.08. The zero-order valence-electron chi connectivity index (χ0n) is 15.7. The smallest absolute Gasteiger partial charge is 0.287 e. The largest absolute Gasteiger partial charge is 0.404 e. The average molecular weight is 386 g/mol. The molecule has 0 spiro atoms. The molecule has 2 aromatic heterocycles. The number of rotatable bonds is 5. The van der Waals surface area contributed by atoms with Crippen molar-refractivity contribution in [2.24, 2.45) is 0 Å². The van der Waals surface area contributed by atoms with Gasteiger partial charge >= 0.3 is 0 Å². The SMILES string of the molecule is Cc1ncnc2c1c(NC(=O)c1ccccc1)cc(=O)n2OCc1ccccc1. The quantitative estimate of drug-likeness (QED) is 0.570. The van der Waals surface area contributed by atoms with E-state index < -0.39 is 5.56 Å². The molecule has 7 heteroatoms. The van der Waals surface area contributed by atoms with Crippen LogP contribution >= 0.6 is 0 Å². The molecule has 144 valence electrons. The molecule has 4 rings (SSSR count). The van der Waals surface area contributed by atoms with Crippen molar-refractivity contribution in [3.05, 3.63) is 100 Å². The van der Waals surface area contributed by atoms with Crippen LogP contribution in [-0.4, -0.2) is 20.6 Å². The molecule has 2 heterocycles. The summed E-state index contributed by atoms with van der Waals surface area (Å²) in [7, 11) is 0. The van der Waals surface area contributed by atoms with Crippen molar-refractivity contribution in [3.63, 3.8) is 0 Å². The molecule has 29 heavy (non-hydrogen) atoms. The zero-order valence-corrected chi connectivity index (χ0v) is 15.7. The molecule has 0 saturated heterocycles. The van der Waals surface area contributed by atoms with Crippen molar-refractivity contribution in [2.75, 3.05) is 5.32 Å². The molecule has 0 bridgehead atoms. The Morgan fingerprint density at radius 3 is 2.45 bits per heavy atom.